The van der Waals surface area contributed by atoms with E-state index in [1.807, 2.05) is 36.6 Å². The highest BCUT2D eigenvalue weighted by Crippen LogP contribution is 2.43. The van der Waals surface area contributed by atoms with Crippen molar-refractivity contribution in [3.05, 3.63) is 65.1 Å². The van der Waals surface area contributed by atoms with E-state index >= 15 is 4.39 Å². The summed E-state index contributed by atoms with van der Waals surface area (Å²) in [5, 5.41) is 4.04. The summed E-state index contributed by atoms with van der Waals surface area (Å²) >= 11 is 0. The standard InChI is InChI=1S/C29H28F4N4O3/c1-14-26(15(2)40-35-14)16-4-9-24-23(10-16)34-28(36(24)17-5-7-19(39-3)8-6-17)25-13-22(32)29(38)37(25)18-11-20(30)27(33)21(31)12-18/h4,9-12,17,19,22,25H,5-8,13H2,1-3H3/t17?,19?,22-,25-/m0/s1. The number of aromatic nitrogens is 3. The van der Waals surface area contributed by atoms with Gasteiger partial charge in [0.05, 0.1) is 34.6 Å². The predicted molar refractivity (Wildman–Crippen MR) is 139 cm³/mol. The highest BCUT2D eigenvalue weighted by Gasteiger charge is 2.45. The van der Waals surface area contributed by atoms with Crippen LogP contribution in [0.1, 0.15) is 61.5 Å². The number of carbonyl (C=O) groups excluding carboxylic acids is 1. The number of benzene rings is 2. The molecule has 2 aromatic heterocycles. The Bertz CT molecular complexity index is 1570. The number of carbonyl (C=O) groups is 1. The van der Waals surface area contributed by atoms with Crippen molar-refractivity contribution in [2.45, 2.75) is 70.3 Å². The molecule has 1 aliphatic carbocycles. The fourth-order valence-electron chi connectivity index (χ4n) is 6.24. The molecule has 1 aliphatic heterocycles. The van der Waals surface area contributed by atoms with E-state index < -0.39 is 35.6 Å². The van der Waals surface area contributed by atoms with E-state index in [2.05, 4.69) is 5.16 Å². The van der Waals surface area contributed by atoms with E-state index in [-0.39, 0.29) is 24.3 Å². The Morgan fingerprint density at radius 2 is 1.73 bits per heavy atom. The predicted octanol–water partition coefficient (Wildman–Crippen LogP) is 6.67. The fourth-order valence-corrected chi connectivity index (χ4v) is 6.24. The molecule has 210 valence electrons. The summed E-state index contributed by atoms with van der Waals surface area (Å²) in [6, 6.07) is 6.23. The van der Waals surface area contributed by atoms with Gasteiger partial charge in [0, 0.05) is 37.3 Å². The number of rotatable bonds is 5. The number of hydrogen-bond acceptors (Lipinski definition) is 5. The first-order valence-electron chi connectivity index (χ1n) is 13.3. The highest BCUT2D eigenvalue weighted by molar-refractivity contribution is 6.00. The largest absolute Gasteiger partial charge is 0.381 e. The summed E-state index contributed by atoms with van der Waals surface area (Å²) in [5.74, 6) is -4.46. The summed E-state index contributed by atoms with van der Waals surface area (Å²) in [6.07, 6.45) is 1.12. The molecule has 2 aromatic carbocycles. The van der Waals surface area contributed by atoms with Crippen molar-refractivity contribution >= 4 is 22.6 Å². The number of amides is 1. The van der Waals surface area contributed by atoms with Gasteiger partial charge in [0.2, 0.25) is 0 Å². The van der Waals surface area contributed by atoms with Gasteiger partial charge in [-0.05, 0) is 57.2 Å². The quantitative estimate of drug-likeness (QED) is 0.203. The first-order chi connectivity index (χ1) is 19.2. The van der Waals surface area contributed by atoms with Crippen molar-refractivity contribution in [3.8, 4) is 11.1 Å². The molecule has 0 N–H and O–H groups in total. The lowest BCUT2D eigenvalue weighted by molar-refractivity contribution is -0.121. The molecule has 0 unspecified atom stereocenters. The molecule has 0 radical (unpaired) electrons. The van der Waals surface area contributed by atoms with E-state index in [1.54, 1.807) is 7.11 Å². The van der Waals surface area contributed by atoms with Crippen LogP contribution < -0.4 is 4.90 Å². The van der Waals surface area contributed by atoms with E-state index in [9.17, 15) is 18.0 Å². The lowest BCUT2D eigenvalue weighted by atomic mass is 9.92. The molecular formula is C29H28F4N4O3. The Morgan fingerprint density at radius 3 is 2.35 bits per heavy atom. The number of fused-ring (bicyclic) bond motifs is 1. The molecule has 6 rings (SSSR count). The summed E-state index contributed by atoms with van der Waals surface area (Å²) in [5.41, 5.74) is 3.56. The Labute approximate surface area is 227 Å². The number of imidazole rings is 1. The summed E-state index contributed by atoms with van der Waals surface area (Å²) in [4.78, 5) is 18.9. The minimum Gasteiger partial charge on any atom is -0.381 e. The monoisotopic (exact) mass is 556 g/mol. The van der Waals surface area contributed by atoms with Crippen LogP contribution in [-0.4, -0.2) is 40.0 Å². The van der Waals surface area contributed by atoms with E-state index in [4.69, 9.17) is 14.2 Å². The fraction of sp³-hybridized carbons (Fsp3) is 0.414. The van der Waals surface area contributed by atoms with E-state index in [1.165, 1.54) is 0 Å². The molecule has 4 aromatic rings. The molecule has 0 bridgehead atoms. The van der Waals surface area contributed by atoms with Gasteiger partial charge in [0.25, 0.3) is 5.91 Å². The van der Waals surface area contributed by atoms with Crippen LogP contribution in [-0.2, 0) is 9.53 Å². The van der Waals surface area contributed by atoms with Gasteiger partial charge in [0.1, 0.15) is 11.6 Å². The lowest BCUT2D eigenvalue weighted by Crippen LogP contribution is -2.32. The average Bonchev–Trinajstić information content (AvgIpc) is 3.58. The zero-order valence-electron chi connectivity index (χ0n) is 22.3. The molecule has 40 heavy (non-hydrogen) atoms. The summed E-state index contributed by atoms with van der Waals surface area (Å²) in [7, 11) is 1.68. The normalized spacial score (nSPS) is 23.5. The van der Waals surface area contributed by atoms with E-state index in [0.29, 0.717) is 29.2 Å². The summed E-state index contributed by atoms with van der Waals surface area (Å²) in [6.45, 7) is 3.67. The highest BCUT2D eigenvalue weighted by atomic mass is 19.2. The number of anilines is 1. The maximum atomic E-state index is 15.0. The molecule has 11 heteroatoms. The van der Waals surface area contributed by atoms with Gasteiger partial charge in [-0.25, -0.2) is 22.5 Å². The first-order valence-corrected chi connectivity index (χ1v) is 13.3. The molecular weight excluding hydrogens is 528 g/mol. The van der Waals surface area contributed by atoms with Gasteiger partial charge >= 0.3 is 0 Å². The van der Waals surface area contributed by atoms with Crippen LogP contribution in [0.3, 0.4) is 0 Å². The van der Waals surface area contributed by atoms with Crippen molar-refractivity contribution in [2.75, 3.05) is 12.0 Å². The molecule has 1 saturated carbocycles. The minimum atomic E-state index is -1.91. The van der Waals surface area contributed by atoms with Crippen LogP contribution in [0.5, 0.6) is 0 Å². The van der Waals surface area contributed by atoms with Crippen molar-refractivity contribution in [1.82, 2.24) is 14.7 Å². The van der Waals surface area contributed by atoms with Crippen LogP contribution in [0.2, 0.25) is 0 Å². The van der Waals surface area contributed by atoms with Crippen LogP contribution in [0.4, 0.5) is 23.2 Å². The van der Waals surface area contributed by atoms with Crippen molar-refractivity contribution in [1.29, 1.82) is 0 Å². The lowest BCUT2D eigenvalue weighted by Gasteiger charge is -2.32. The Balaban J connectivity index is 1.51. The Hall–Kier alpha value is -3.73. The molecule has 2 fully saturated rings. The van der Waals surface area contributed by atoms with Crippen LogP contribution in [0.15, 0.2) is 34.9 Å². The number of methoxy groups -OCH3 is 1. The maximum Gasteiger partial charge on any atom is 0.262 e. The van der Waals surface area contributed by atoms with Crippen molar-refractivity contribution in [2.24, 2.45) is 0 Å². The van der Waals surface area contributed by atoms with E-state index in [0.717, 1.165) is 52.9 Å². The van der Waals surface area contributed by atoms with Gasteiger partial charge in [-0.1, -0.05) is 11.2 Å². The molecule has 1 amide bonds. The molecule has 1 saturated heterocycles. The van der Waals surface area contributed by atoms with Gasteiger partial charge < -0.3 is 13.8 Å². The third kappa shape index (κ3) is 4.27. The smallest absolute Gasteiger partial charge is 0.262 e. The van der Waals surface area contributed by atoms with Gasteiger partial charge in [-0.2, -0.15) is 0 Å². The average molecular weight is 557 g/mol. The molecule has 3 heterocycles. The maximum absolute atomic E-state index is 15.0. The second-order valence-corrected chi connectivity index (χ2v) is 10.6. The van der Waals surface area contributed by atoms with Crippen LogP contribution in [0, 0.1) is 31.3 Å². The zero-order valence-corrected chi connectivity index (χ0v) is 22.3. The number of ether oxygens (including phenoxy) is 1. The number of halogens is 4. The van der Waals surface area contributed by atoms with Crippen LogP contribution in [0.25, 0.3) is 22.2 Å². The third-order valence-corrected chi connectivity index (χ3v) is 8.17. The van der Waals surface area contributed by atoms with Crippen molar-refractivity contribution < 1.29 is 31.6 Å². The first kappa shape index (κ1) is 26.5. The van der Waals surface area contributed by atoms with Crippen molar-refractivity contribution in [3.63, 3.8) is 0 Å². The second-order valence-electron chi connectivity index (χ2n) is 10.6. The topological polar surface area (TPSA) is 73.4 Å². The molecule has 2 atom stereocenters. The SMILES string of the molecule is COC1CCC(n2c([C@@H]3C[C@H](F)C(=O)N3c3cc(F)c(F)c(F)c3)nc3cc(-c4c(C)noc4C)ccc32)CC1. The third-order valence-electron chi connectivity index (χ3n) is 8.17. The van der Waals surface area contributed by atoms with Gasteiger partial charge in [-0.3, -0.25) is 9.69 Å². The van der Waals surface area contributed by atoms with Crippen LogP contribution >= 0.6 is 0 Å². The number of hydrogen-bond donors (Lipinski definition) is 0. The second kappa shape index (κ2) is 10.0. The zero-order chi connectivity index (χ0) is 28.3. The van der Waals surface area contributed by atoms with Gasteiger partial charge in [-0.15, -0.1) is 0 Å². The Morgan fingerprint density at radius 1 is 1.02 bits per heavy atom. The summed E-state index contributed by atoms with van der Waals surface area (Å²) < 4.78 is 70.1. The molecule has 0 spiro atoms. The molecule has 7 nitrogen and oxygen atoms in total. The number of aryl methyl sites for hydroxylation is 2. The molecule has 2 aliphatic rings. The minimum absolute atomic E-state index is 0.0198. The van der Waals surface area contributed by atoms with Gasteiger partial charge in [0.15, 0.2) is 23.6 Å². The number of alkyl halides is 1. The number of nitrogens with zero attached hydrogens (tertiary/aromatic N) is 4. The Kier molecular flexibility index (Phi) is 6.64.